The molecule has 2 aromatic rings. The summed E-state index contributed by atoms with van der Waals surface area (Å²) >= 11 is 0. The number of ether oxygens (including phenoxy) is 2. The number of nitrogens with zero attached hydrogens (tertiary/aromatic N) is 3. The lowest BCUT2D eigenvalue weighted by atomic mass is 10.1. The van der Waals surface area contributed by atoms with Crippen LogP contribution in [0.25, 0.3) is 0 Å². The molecular formula is C23H36IN5O2. The molecule has 1 heterocycles. The Morgan fingerprint density at radius 2 is 1.77 bits per heavy atom. The molecule has 0 aliphatic rings. The lowest BCUT2D eigenvalue weighted by Crippen LogP contribution is -2.38. The zero-order valence-electron chi connectivity index (χ0n) is 19.4. The number of rotatable bonds is 10. The number of hydrogen-bond acceptors (Lipinski definition) is 5. The lowest BCUT2D eigenvalue weighted by Gasteiger charge is -2.20. The van der Waals surface area contributed by atoms with Gasteiger partial charge >= 0.3 is 0 Å². The van der Waals surface area contributed by atoms with Gasteiger partial charge in [0.25, 0.3) is 0 Å². The summed E-state index contributed by atoms with van der Waals surface area (Å²) in [6, 6.07) is 10.1. The highest BCUT2D eigenvalue weighted by Crippen LogP contribution is 2.30. The quantitative estimate of drug-likeness (QED) is 0.265. The van der Waals surface area contributed by atoms with Crippen LogP contribution in [0.1, 0.15) is 44.9 Å². The Morgan fingerprint density at radius 1 is 1.06 bits per heavy atom. The second kappa shape index (κ2) is 14.0. The van der Waals surface area contributed by atoms with Gasteiger partial charge in [0.15, 0.2) is 17.5 Å². The number of pyridine rings is 1. The molecule has 1 aromatic heterocycles. The molecule has 0 aliphatic carbocycles. The minimum absolute atomic E-state index is 0. The van der Waals surface area contributed by atoms with Gasteiger partial charge in [0, 0.05) is 26.8 Å². The topological polar surface area (TPSA) is 71.0 Å². The first kappa shape index (κ1) is 26.8. The summed E-state index contributed by atoms with van der Waals surface area (Å²) in [6.07, 6.45) is 1.82. The van der Waals surface area contributed by atoms with Crippen molar-refractivity contribution in [3.8, 4) is 11.5 Å². The third-order valence-electron chi connectivity index (χ3n) is 4.45. The average molecular weight is 541 g/mol. The number of nitrogens with one attached hydrogen (secondary N) is 2. The Balaban J connectivity index is 0.00000480. The monoisotopic (exact) mass is 541 g/mol. The summed E-state index contributed by atoms with van der Waals surface area (Å²) in [5.74, 6) is 3.22. The molecule has 1 unspecified atom stereocenters. The minimum atomic E-state index is 0. The van der Waals surface area contributed by atoms with Crippen molar-refractivity contribution < 1.29 is 9.47 Å². The van der Waals surface area contributed by atoms with Crippen LogP contribution in [0.4, 0.5) is 5.82 Å². The van der Waals surface area contributed by atoms with E-state index in [4.69, 9.17) is 14.5 Å². The molecule has 1 aromatic carbocycles. The molecule has 31 heavy (non-hydrogen) atoms. The largest absolute Gasteiger partial charge is 0.490 e. The van der Waals surface area contributed by atoms with E-state index in [1.807, 2.05) is 57.2 Å². The predicted octanol–water partition coefficient (Wildman–Crippen LogP) is 4.38. The molecule has 8 heteroatoms. The van der Waals surface area contributed by atoms with Gasteiger partial charge in [-0.2, -0.15) is 0 Å². The normalized spacial score (nSPS) is 11.9. The average Bonchev–Trinajstić information content (AvgIpc) is 2.74. The van der Waals surface area contributed by atoms with Crippen LogP contribution in [0, 0.1) is 0 Å². The van der Waals surface area contributed by atoms with Gasteiger partial charge in [-0.1, -0.05) is 6.07 Å². The third kappa shape index (κ3) is 8.43. The number of aromatic nitrogens is 1. The highest BCUT2D eigenvalue weighted by Gasteiger charge is 2.12. The maximum atomic E-state index is 5.76. The zero-order chi connectivity index (χ0) is 21.9. The van der Waals surface area contributed by atoms with Gasteiger partial charge in [0.1, 0.15) is 5.82 Å². The van der Waals surface area contributed by atoms with Crippen LogP contribution in [0.3, 0.4) is 0 Å². The van der Waals surface area contributed by atoms with E-state index in [0.717, 1.165) is 40.9 Å². The number of aliphatic imine (C=N–C) groups is 1. The van der Waals surface area contributed by atoms with Crippen LogP contribution < -0.4 is 25.0 Å². The molecule has 0 spiro atoms. The second-order valence-electron chi connectivity index (χ2n) is 7.05. The first-order valence-electron chi connectivity index (χ1n) is 10.5. The molecule has 0 fully saturated rings. The molecule has 0 saturated heterocycles. The van der Waals surface area contributed by atoms with Crippen molar-refractivity contribution in [3.05, 3.63) is 47.7 Å². The van der Waals surface area contributed by atoms with E-state index < -0.39 is 0 Å². The van der Waals surface area contributed by atoms with E-state index in [-0.39, 0.29) is 30.0 Å². The van der Waals surface area contributed by atoms with Gasteiger partial charge in [-0.15, -0.1) is 24.0 Å². The van der Waals surface area contributed by atoms with Gasteiger partial charge < -0.3 is 25.0 Å². The lowest BCUT2D eigenvalue weighted by molar-refractivity contribution is 0.287. The van der Waals surface area contributed by atoms with Crippen LogP contribution in [-0.4, -0.2) is 44.8 Å². The molecule has 1 atom stereocenters. The molecule has 2 rings (SSSR count). The molecule has 172 valence electrons. The summed E-state index contributed by atoms with van der Waals surface area (Å²) in [5, 5.41) is 6.80. The molecule has 7 nitrogen and oxygen atoms in total. The third-order valence-corrected chi connectivity index (χ3v) is 4.45. The fraction of sp³-hybridized carbons (Fsp3) is 0.478. The Morgan fingerprint density at radius 3 is 2.42 bits per heavy atom. The van der Waals surface area contributed by atoms with Gasteiger partial charge in [-0.05, 0) is 63.1 Å². The van der Waals surface area contributed by atoms with Crippen LogP contribution >= 0.6 is 24.0 Å². The van der Waals surface area contributed by atoms with Gasteiger partial charge in [0.2, 0.25) is 0 Å². The van der Waals surface area contributed by atoms with Crippen molar-refractivity contribution in [2.75, 3.05) is 38.8 Å². The Bertz CT molecular complexity index is 829. The fourth-order valence-electron chi connectivity index (χ4n) is 2.92. The summed E-state index contributed by atoms with van der Waals surface area (Å²) in [5.41, 5.74) is 2.21. The van der Waals surface area contributed by atoms with Gasteiger partial charge in [0.05, 0.1) is 25.8 Å². The van der Waals surface area contributed by atoms with Crippen molar-refractivity contribution >= 4 is 35.8 Å². The Kier molecular flexibility index (Phi) is 12.1. The molecule has 0 aliphatic heterocycles. The summed E-state index contributed by atoms with van der Waals surface area (Å²) in [6.45, 7) is 10.7. The molecule has 0 radical (unpaired) electrons. The van der Waals surface area contributed by atoms with Crippen LogP contribution in [0.15, 0.2) is 41.5 Å². The maximum absolute atomic E-state index is 5.76. The van der Waals surface area contributed by atoms with Crippen molar-refractivity contribution in [3.63, 3.8) is 0 Å². The standard InChI is InChI=1S/C23H35N5O2.HI/c1-7-24-23(26-16-18-12-13-25-22(14-18)28(5)6)27-17(4)19-10-11-20(29-8-2)21(15-19)30-9-3;/h10-15,17H,7-9,16H2,1-6H3,(H2,24,26,27);1H. The summed E-state index contributed by atoms with van der Waals surface area (Å²) in [4.78, 5) is 11.1. The van der Waals surface area contributed by atoms with E-state index in [1.165, 1.54) is 0 Å². The van der Waals surface area contributed by atoms with Crippen LogP contribution in [0.5, 0.6) is 11.5 Å². The van der Waals surface area contributed by atoms with E-state index in [2.05, 4.69) is 41.6 Å². The van der Waals surface area contributed by atoms with Crippen molar-refractivity contribution in [2.45, 2.75) is 40.3 Å². The SMILES string of the molecule is CCNC(=NCc1ccnc(N(C)C)c1)NC(C)c1ccc(OCC)c(OCC)c1.I. The molecule has 0 bridgehead atoms. The van der Waals surface area contributed by atoms with E-state index in [1.54, 1.807) is 0 Å². The van der Waals surface area contributed by atoms with E-state index in [0.29, 0.717) is 19.8 Å². The van der Waals surface area contributed by atoms with E-state index >= 15 is 0 Å². The first-order chi connectivity index (χ1) is 14.5. The first-order valence-corrected chi connectivity index (χ1v) is 10.5. The molecular weight excluding hydrogens is 505 g/mol. The minimum Gasteiger partial charge on any atom is -0.490 e. The molecule has 0 saturated carbocycles. The zero-order valence-corrected chi connectivity index (χ0v) is 21.8. The van der Waals surface area contributed by atoms with E-state index in [9.17, 15) is 0 Å². The number of guanidine groups is 1. The highest BCUT2D eigenvalue weighted by molar-refractivity contribution is 14.0. The smallest absolute Gasteiger partial charge is 0.192 e. The van der Waals surface area contributed by atoms with Crippen molar-refractivity contribution in [1.29, 1.82) is 0 Å². The predicted molar refractivity (Wildman–Crippen MR) is 139 cm³/mol. The number of hydrogen-bond donors (Lipinski definition) is 2. The molecule has 2 N–H and O–H groups in total. The summed E-state index contributed by atoms with van der Waals surface area (Å²) < 4.78 is 11.4. The number of halogens is 1. The Labute approximate surface area is 203 Å². The van der Waals surface area contributed by atoms with Crippen molar-refractivity contribution in [1.82, 2.24) is 15.6 Å². The van der Waals surface area contributed by atoms with Crippen LogP contribution in [0.2, 0.25) is 0 Å². The fourth-order valence-corrected chi connectivity index (χ4v) is 2.92. The molecule has 0 amide bonds. The van der Waals surface area contributed by atoms with Gasteiger partial charge in [-0.25, -0.2) is 9.98 Å². The number of benzene rings is 1. The second-order valence-corrected chi connectivity index (χ2v) is 7.05. The van der Waals surface area contributed by atoms with Crippen molar-refractivity contribution in [2.24, 2.45) is 4.99 Å². The summed E-state index contributed by atoms with van der Waals surface area (Å²) in [7, 11) is 3.96. The highest BCUT2D eigenvalue weighted by atomic mass is 127. The van der Waals surface area contributed by atoms with Crippen LogP contribution in [-0.2, 0) is 6.54 Å². The van der Waals surface area contributed by atoms with Gasteiger partial charge in [-0.3, -0.25) is 0 Å². The number of anilines is 1. The maximum Gasteiger partial charge on any atom is 0.192 e. The Hall–Kier alpha value is -2.23.